The Labute approximate surface area is 135 Å². The lowest BCUT2D eigenvalue weighted by Crippen LogP contribution is -2.45. The Hall–Kier alpha value is -2.44. The molecule has 23 heavy (non-hydrogen) atoms. The number of methoxy groups -OCH3 is 2. The first kappa shape index (κ1) is 18.6. The molecule has 1 aromatic rings. The van der Waals surface area contributed by atoms with Gasteiger partial charge in [-0.25, -0.2) is 9.59 Å². The van der Waals surface area contributed by atoms with Crippen LogP contribution in [-0.2, 0) is 20.7 Å². The maximum absolute atomic E-state index is 11.9. The monoisotopic (exact) mass is 325 g/mol. The van der Waals surface area contributed by atoms with E-state index in [1.54, 1.807) is 32.9 Å². The maximum atomic E-state index is 11.9. The molecule has 0 fully saturated rings. The second kappa shape index (κ2) is 7.71. The average Bonchev–Trinajstić information content (AvgIpc) is 2.45. The number of benzene rings is 1. The number of nitrogens with one attached hydrogen (secondary N) is 1. The van der Waals surface area contributed by atoms with Crippen molar-refractivity contribution in [3.8, 4) is 11.5 Å². The third-order valence-electron chi connectivity index (χ3n) is 2.86. The molecular weight excluding hydrogens is 302 g/mol. The third kappa shape index (κ3) is 6.06. The summed E-state index contributed by atoms with van der Waals surface area (Å²) in [5, 5.41) is 12.1. The van der Waals surface area contributed by atoms with Gasteiger partial charge in [-0.05, 0) is 38.5 Å². The van der Waals surface area contributed by atoms with Crippen molar-refractivity contribution in [2.24, 2.45) is 0 Å². The normalized spacial score (nSPS) is 12.2. The number of phenols is 1. The van der Waals surface area contributed by atoms with E-state index in [1.807, 2.05) is 0 Å². The second-order valence-corrected chi connectivity index (χ2v) is 5.93. The highest BCUT2D eigenvalue weighted by atomic mass is 16.6. The molecule has 0 aromatic heterocycles. The fraction of sp³-hybridized carbons (Fsp3) is 0.500. The van der Waals surface area contributed by atoms with Gasteiger partial charge in [-0.1, -0.05) is 6.07 Å². The molecule has 128 valence electrons. The Kier molecular flexibility index (Phi) is 6.24. The van der Waals surface area contributed by atoms with Crippen molar-refractivity contribution in [3.05, 3.63) is 23.8 Å². The number of esters is 1. The molecule has 1 aromatic carbocycles. The molecule has 0 spiro atoms. The van der Waals surface area contributed by atoms with Gasteiger partial charge in [-0.15, -0.1) is 0 Å². The van der Waals surface area contributed by atoms with Crippen LogP contribution in [0.5, 0.6) is 11.5 Å². The molecule has 1 rings (SSSR count). The lowest BCUT2D eigenvalue weighted by atomic mass is 10.1. The number of ether oxygens (including phenoxy) is 3. The minimum absolute atomic E-state index is 0.00836. The van der Waals surface area contributed by atoms with E-state index in [0.29, 0.717) is 5.56 Å². The fourth-order valence-electron chi connectivity index (χ4n) is 1.87. The molecule has 0 aliphatic heterocycles. The second-order valence-electron chi connectivity index (χ2n) is 5.93. The van der Waals surface area contributed by atoms with Crippen LogP contribution < -0.4 is 10.1 Å². The maximum Gasteiger partial charge on any atom is 0.408 e. The zero-order chi connectivity index (χ0) is 17.6. The Bertz CT molecular complexity index is 564. The summed E-state index contributed by atoms with van der Waals surface area (Å²) in [7, 11) is 2.67. The van der Waals surface area contributed by atoms with Gasteiger partial charge >= 0.3 is 12.1 Å². The van der Waals surface area contributed by atoms with Gasteiger partial charge < -0.3 is 24.6 Å². The van der Waals surface area contributed by atoms with Gasteiger partial charge in [0.1, 0.15) is 11.6 Å². The van der Waals surface area contributed by atoms with Crippen LogP contribution in [0.2, 0.25) is 0 Å². The summed E-state index contributed by atoms with van der Waals surface area (Å²) < 4.78 is 14.9. The predicted octanol–water partition coefficient (Wildman–Crippen LogP) is 2.01. The van der Waals surface area contributed by atoms with Crippen LogP contribution in [0.3, 0.4) is 0 Å². The lowest BCUT2D eigenvalue weighted by Gasteiger charge is -2.22. The van der Waals surface area contributed by atoms with Gasteiger partial charge in [-0.3, -0.25) is 0 Å². The summed E-state index contributed by atoms with van der Waals surface area (Å²) in [6.45, 7) is 5.18. The highest BCUT2D eigenvalue weighted by Gasteiger charge is 2.25. The first-order valence-corrected chi connectivity index (χ1v) is 7.09. The Morgan fingerprint density at radius 2 is 1.91 bits per heavy atom. The summed E-state index contributed by atoms with van der Waals surface area (Å²) >= 11 is 0. The van der Waals surface area contributed by atoms with Gasteiger partial charge in [0, 0.05) is 6.42 Å². The fourth-order valence-corrected chi connectivity index (χ4v) is 1.87. The van der Waals surface area contributed by atoms with Gasteiger partial charge in [0.05, 0.1) is 14.2 Å². The molecule has 0 saturated carbocycles. The topological polar surface area (TPSA) is 94.1 Å². The molecule has 0 bridgehead atoms. The van der Waals surface area contributed by atoms with E-state index in [4.69, 9.17) is 14.2 Å². The molecule has 0 radical (unpaired) electrons. The van der Waals surface area contributed by atoms with E-state index in [-0.39, 0.29) is 17.9 Å². The average molecular weight is 325 g/mol. The number of phenolic OH excluding ortho intramolecular Hbond substituents is 1. The van der Waals surface area contributed by atoms with E-state index >= 15 is 0 Å². The molecule has 0 aliphatic carbocycles. The van der Waals surface area contributed by atoms with Crippen molar-refractivity contribution in [1.82, 2.24) is 5.32 Å². The highest BCUT2D eigenvalue weighted by Crippen LogP contribution is 2.26. The first-order chi connectivity index (χ1) is 10.7. The molecule has 1 amide bonds. The molecular formula is C16H23NO6. The number of amides is 1. The third-order valence-corrected chi connectivity index (χ3v) is 2.86. The van der Waals surface area contributed by atoms with Gasteiger partial charge in [0.15, 0.2) is 11.5 Å². The number of alkyl carbamates (subject to hydrolysis) is 1. The minimum Gasteiger partial charge on any atom is -0.504 e. The minimum atomic E-state index is -0.913. The summed E-state index contributed by atoms with van der Waals surface area (Å²) in [5.74, 6) is -0.322. The SMILES string of the molecule is COC(=O)[C@H](Cc1ccc(O)c(OC)c1)NC(=O)OC(C)(C)C. The molecule has 0 heterocycles. The number of hydrogen-bond donors (Lipinski definition) is 2. The van der Waals surface area contributed by atoms with E-state index in [2.05, 4.69) is 5.32 Å². The Balaban J connectivity index is 2.87. The smallest absolute Gasteiger partial charge is 0.408 e. The highest BCUT2D eigenvalue weighted by molar-refractivity contribution is 5.81. The predicted molar refractivity (Wildman–Crippen MR) is 83.5 cm³/mol. The van der Waals surface area contributed by atoms with Crippen molar-refractivity contribution < 1.29 is 28.9 Å². The number of rotatable bonds is 5. The number of aromatic hydroxyl groups is 1. The molecule has 0 unspecified atom stereocenters. The van der Waals surface area contributed by atoms with Crippen LogP contribution in [0.4, 0.5) is 4.79 Å². The summed E-state index contributed by atoms with van der Waals surface area (Å²) in [6, 6.07) is 3.76. The molecule has 0 saturated heterocycles. The quantitative estimate of drug-likeness (QED) is 0.804. The zero-order valence-electron chi connectivity index (χ0n) is 14.0. The Morgan fingerprint density at radius 3 is 2.43 bits per heavy atom. The number of carbonyl (C=O) groups excluding carboxylic acids is 2. The molecule has 7 heteroatoms. The molecule has 0 aliphatic rings. The van der Waals surface area contributed by atoms with Gasteiger partial charge in [-0.2, -0.15) is 0 Å². The largest absolute Gasteiger partial charge is 0.504 e. The van der Waals surface area contributed by atoms with Crippen LogP contribution in [0, 0.1) is 0 Å². The van der Waals surface area contributed by atoms with Crippen LogP contribution >= 0.6 is 0 Å². The van der Waals surface area contributed by atoms with Crippen LogP contribution in [0.25, 0.3) is 0 Å². The lowest BCUT2D eigenvalue weighted by molar-refractivity contribution is -0.143. The van der Waals surface area contributed by atoms with Gasteiger partial charge in [0.25, 0.3) is 0 Å². The van der Waals surface area contributed by atoms with E-state index in [1.165, 1.54) is 20.3 Å². The summed E-state index contributed by atoms with van der Waals surface area (Å²) in [4.78, 5) is 23.7. The standard InChI is InChI=1S/C16H23NO6/c1-16(2,3)23-15(20)17-11(14(19)22-5)8-10-6-7-12(18)13(9-10)21-4/h6-7,9,11,18H,8H2,1-5H3,(H,17,20)/t11-/m0/s1. The number of carbonyl (C=O) groups is 2. The first-order valence-electron chi connectivity index (χ1n) is 7.09. The van der Waals surface area contributed by atoms with Crippen LogP contribution in [0.15, 0.2) is 18.2 Å². The Morgan fingerprint density at radius 1 is 1.26 bits per heavy atom. The van der Waals surface area contributed by atoms with Crippen molar-refractivity contribution in [1.29, 1.82) is 0 Å². The van der Waals surface area contributed by atoms with E-state index in [9.17, 15) is 14.7 Å². The summed E-state index contributed by atoms with van der Waals surface area (Å²) in [5.41, 5.74) is 0.0121. The molecule has 2 N–H and O–H groups in total. The zero-order valence-corrected chi connectivity index (χ0v) is 14.0. The summed E-state index contributed by atoms with van der Waals surface area (Å²) in [6.07, 6.45) is -0.540. The van der Waals surface area contributed by atoms with Crippen molar-refractivity contribution in [2.45, 2.75) is 38.8 Å². The van der Waals surface area contributed by atoms with Crippen molar-refractivity contribution in [3.63, 3.8) is 0 Å². The molecule has 1 atom stereocenters. The van der Waals surface area contributed by atoms with E-state index < -0.39 is 23.7 Å². The van der Waals surface area contributed by atoms with E-state index in [0.717, 1.165) is 0 Å². The van der Waals surface area contributed by atoms with Crippen LogP contribution in [0.1, 0.15) is 26.3 Å². The van der Waals surface area contributed by atoms with Gasteiger partial charge in [0.2, 0.25) is 0 Å². The number of hydrogen-bond acceptors (Lipinski definition) is 6. The van der Waals surface area contributed by atoms with Crippen molar-refractivity contribution >= 4 is 12.1 Å². The van der Waals surface area contributed by atoms with Crippen LogP contribution in [-0.4, -0.2) is 43.0 Å². The van der Waals surface area contributed by atoms with Crippen molar-refractivity contribution in [2.75, 3.05) is 14.2 Å². The molecule has 7 nitrogen and oxygen atoms in total.